The van der Waals surface area contributed by atoms with E-state index in [1.54, 1.807) is 12.1 Å². The van der Waals surface area contributed by atoms with Crippen molar-refractivity contribution in [1.82, 2.24) is 15.5 Å². The van der Waals surface area contributed by atoms with Gasteiger partial charge >= 0.3 is 5.97 Å². The van der Waals surface area contributed by atoms with Gasteiger partial charge in [-0.2, -0.15) is 0 Å². The molecule has 2 atom stereocenters. The fourth-order valence-corrected chi connectivity index (χ4v) is 2.82. The number of benzene rings is 1. The van der Waals surface area contributed by atoms with Crippen molar-refractivity contribution >= 4 is 11.9 Å². The van der Waals surface area contributed by atoms with Crippen molar-refractivity contribution in [3.8, 4) is 0 Å². The maximum atomic E-state index is 13.8. The van der Waals surface area contributed by atoms with Gasteiger partial charge in [0.25, 0.3) is 0 Å². The maximum Gasteiger partial charge on any atom is 0.320 e. The van der Waals surface area contributed by atoms with E-state index in [1.807, 2.05) is 19.0 Å². The second-order valence-corrected chi connectivity index (χ2v) is 6.45. The Labute approximate surface area is 141 Å². The van der Waals surface area contributed by atoms with Gasteiger partial charge in [0, 0.05) is 25.2 Å². The highest BCUT2D eigenvalue weighted by Gasteiger charge is 2.29. The first-order valence-electron chi connectivity index (χ1n) is 8.02. The summed E-state index contributed by atoms with van der Waals surface area (Å²) in [6.45, 7) is 1.19. The van der Waals surface area contributed by atoms with Crippen LogP contribution in [0.5, 0.6) is 0 Å². The van der Waals surface area contributed by atoms with Crippen LogP contribution in [0.3, 0.4) is 0 Å². The molecule has 2 unspecified atom stereocenters. The second-order valence-electron chi connectivity index (χ2n) is 6.45. The van der Waals surface area contributed by atoms with Gasteiger partial charge in [-0.3, -0.25) is 9.59 Å². The van der Waals surface area contributed by atoms with E-state index in [0.29, 0.717) is 38.0 Å². The molecule has 0 bridgehead atoms. The van der Waals surface area contributed by atoms with E-state index in [4.69, 9.17) is 5.11 Å². The molecule has 1 aromatic rings. The highest BCUT2D eigenvalue weighted by molar-refractivity contribution is 5.80. The standard InChI is InChI=1S/C17H24FN3O3/c1-21(2)10-13-7-11(3-5-14(13)18)8-20-16(22)12-4-6-15(17(23)24)19-9-12/h3,5,7,12,15,19H,4,6,8-10H2,1-2H3,(H,20,22)(H,23,24). The van der Waals surface area contributed by atoms with E-state index in [0.717, 1.165) is 5.56 Å². The highest BCUT2D eigenvalue weighted by atomic mass is 19.1. The van der Waals surface area contributed by atoms with Gasteiger partial charge in [-0.05, 0) is 44.6 Å². The number of carboxylic acids is 1. The number of hydrogen-bond donors (Lipinski definition) is 3. The van der Waals surface area contributed by atoms with Crippen molar-refractivity contribution in [3.05, 3.63) is 35.1 Å². The molecule has 1 amide bonds. The smallest absolute Gasteiger partial charge is 0.320 e. The van der Waals surface area contributed by atoms with Gasteiger partial charge in [-0.25, -0.2) is 4.39 Å². The lowest BCUT2D eigenvalue weighted by molar-refractivity contribution is -0.141. The Morgan fingerprint density at radius 3 is 2.71 bits per heavy atom. The van der Waals surface area contributed by atoms with Crippen molar-refractivity contribution in [2.24, 2.45) is 5.92 Å². The Balaban J connectivity index is 1.87. The first kappa shape index (κ1) is 18.4. The van der Waals surface area contributed by atoms with E-state index in [2.05, 4.69) is 10.6 Å². The molecular weight excluding hydrogens is 313 g/mol. The van der Waals surface area contributed by atoms with Gasteiger partial charge < -0.3 is 20.6 Å². The number of carbonyl (C=O) groups excluding carboxylic acids is 1. The van der Waals surface area contributed by atoms with E-state index in [-0.39, 0.29) is 17.6 Å². The molecule has 132 valence electrons. The zero-order valence-corrected chi connectivity index (χ0v) is 14.0. The highest BCUT2D eigenvalue weighted by Crippen LogP contribution is 2.16. The molecular formula is C17H24FN3O3. The summed E-state index contributed by atoms with van der Waals surface area (Å²) in [4.78, 5) is 25.0. The number of carboxylic acid groups (broad SMARTS) is 1. The Hall–Kier alpha value is -1.99. The lowest BCUT2D eigenvalue weighted by Gasteiger charge is -2.26. The molecule has 7 heteroatoms. The van der Waals surface area contributed by atoms with Gasteiger partial charge in [0.2, 0.25) is 5.91 Å². The van der Waals surface area contributed by atoms with Gasteiger partial charge in [-0.15, -0.1) is 0 Å². The van der Waals surface area contributed by atoms with Crippen LogP contribution >= 0.6 is 0 Å². The lowest BCUT2D eigenvalue weighted by atomic mass is 9.94. The first-order chi connectivity index (χ1) is 11.4. The van der Waals surface area contributed by atoms with Crippen LogP contribution < -0.4 is 10.6 Å². The third-order valence-corrected chi connectivity index (χ3v) is 4.15. The minimum atomic E-state index is -0.881. The number of amides is 1. The number of halogens is 1. The molecule has 24 heavy (non-hydrogen) atoms. The molecule has 1 fully saturated rings. The Morgan fingerprint density at radius 1 is 1.38 bits per heavy atom. The van der Waals surface area contributed by atoms with Crippen LogP contribution in [-0.4, -0.2) is 48.6 Å². The summed E-state index contributed by atoms with van der Waals surface area (Å²) in [6.07, 6.45) is 0.988. The molecule has 0 saturated carbocycles. The number of piperidine rings is 1. The van der Waals surface area contributed by atoms with E-state index in [9.17, 15) is 14.0 Å². The number of hydrogen-bond acceptors (Lipinski definition) is 4. The van der Waals surface area contributed by atoms with E-state index < -0.39 is 12.0 Å². The zero-order valence-electron chi connectivity index (χ0n) is 14.0. The average Bonchev–Trinajstić information content (AvgIpc) is 2.55. The average molecular weight is 337 g/mol. The third-order valence-electron chi connectivity index (χ3n) is 4.15. The summed E-state index contributed by atoms with van der Waals surface area (Å²) < 4.78 is 13.8. The zero-order chi connectivity index (χ0) is 17.7. The van der Waals surface area contributed by atoms with E-state index in [1.165, 1.54) is 6.07 Å². The topological polar surface area (TPSA) is 81.7 Å². The van der Waals surface area contributed by atoms with Gasteiger partial charge in [-0.1, -0.05) is 6.07 Å². The molecule has 0 radical (unpaired) electrons. The quantitative estimate of drug-likeness (QED) is 0.720. The lowest BCUT2D eigenvalue weighted by Crippen LogP contribution is -2.48. The Kier molecular flexibility index (Phi) is 6.28. The van der Waals surface area contributed by atoms with Crippen LogP contribution in [0.2, 0.25) is 0 Å². The van der Waals surface area contributed by atoms with E-state index >= 15 is 0 Å². The fraction of sp³-hybridized carbons (Fsp3) is 0.529. The van der Waals surface area contributed by atoms with Gasteiger partial charge in [0.05, 0.1) is 5.92 Å². The number of nitrogens with zero attached hydrogens (tertiary/aromatic N) is 1. The summed E-state index contributed by atoms with van der Waals surface area (Å²) in [5, 5.41) is 14.6. The first-order valence-corrected chi connectivity index (χ1v) is 8.02. The van der Waals surface area contributed by atoms with Crippen LogP contribution in [-0.2, 0) is 22.7 Å². The van der Waals surface area contributed by atoms with Gasteiger partial charge in [0.15, 0.2) is 0 Å². The van der Waals surface area contributed by atoms with Crippen molar-refractivity contribution in [1.29, 1.82) is 0 Å². The predicted octanol–water partition coefficient (Wildman–Crippen LogP) is 0.956. The molecule has 1 aromatic carbocycles. The minimum absolute atomic E-state index is 0.107. The minimum Gasteiger partial charge on any atom is -0.480 e. The summed E-state index contributed by atoms with van der Waals surface area (Å²) >= 11 is 0. The second kappa shape index (κ2) is 8.21. The third kappa shape index (κ3) is 5.01. The summed E-state index contributed by atoms with van der Waals surface area (Å²) in [5.74, 6) is -1.48. The van der Waals surface area contributed by atoms with Crippen molar-refractivity contribution < 1.29 is 19.1 Å². The summed E-state index contributed by atoms with van der Waals surface area (Å²) in [6, 6.07) is 4.27. The number of aliphatic carboxylic acids is 1. The molecule has 2 rings (SSSR count). The molecule has 3 N–H and O–H groups in total. The Bertz CT molecular complexity index is 599. The number of carbonyl (C=O) groups is 2. The van der Waals surface area contributed by atoms with Crippen LogP contribution in [0.15, 0.2) is 18.2 Å². The summed E-state index contributed by atoms with van der Waals surface area (Å²) in [5.41, 5.74) is 1.43. The molecule has 0 spiro atoms. The molecule has 0 aliphatic carbocycles. The molecule has 1 heterocycles. The van der Waals surface area contributed by atoms with Crippen molar-refractivity contribution in [3.63, 3.8) is 0 Å². The normalized spacial score (nSPS) is 20.8. The van der Waals surface area contributed by atoms with Crippen molar-refractivity contribution in [2.45, 2.75) is 32.0 Å². The van der Waals surface area contributed by atoms with Crippen LogP contribution in [0, 0.1) is 11.7 Å². The van der Waals surface area contributed by atoms with Gasteiger partial charge in [0.1, 0.15) is 11.9 Å². The molecule has 1 aliphatic heterocycles. The molecule has 0 aromatic heterocycles. The van der Waals surface area contributed by atoms with Crippen molar-refractivity contribution in [2.75, 3.05) is 20.6 Å². The fourth-order valence-electron chi connectivity index (χ4n) is 2.82. The Morgan fingerprint density at radius 2 is 2.12 bits per heavy atom. The molecule has 1 saturated heterocycles. The summed E-state index contributed by atoms with van der Waals surface area (Å²) in [7, 11) is 3.74. The number of rotatable bonds is 6. The number of nitrogens with one attached hydrogen (secondary N) is 2. The monoisotopic (exact) mass is 337 g/mol. The molecule has 1 aliphatic rings. The predicted molar refractivity (Wildman–Crippen MR) is 87.8 cm³/mol. The molecule has 6 nitrogen and oxygen atoms in total. The maximum absolute atomic E-state index is 13.8. The largest absolute Gasteiger partial charge is 0.480 e. The SMILES string of the molecule is CN(C)Cc1cc(CNC(=O)C2CCC(C(=O)O)NC2)ccc1F. The van der Waals surface area contributed by atoms with Crippen LogP contribution in [0.4, 0.5) is 4.39 Å². The van der Waals surface area contributed by atoms with Crippen LogP contribution in [0.1, 0.15) is 24.0 Å². The van der Waals surface area contributed by atoms with Crippen LogP contribution in [0.25, 0.3) is 0 Å².